The van der Waals surface area contributed by atoms with E-state index < -0.39 is 6.04 Å². The number of hydrogen-bond donors (Lipinski definition) is 2. The van der Waals surface area contributed by atoms with Crippen molar-refractivity contribution in [3.05, 3.63) is 17.0 Å². The Kier molecular flexibility index (Phi) is 3.10. The Bertz CT molecular complexity index is 545. The van der Waals surface area contributed by atoms with Gasteiger partial charge in [-0.05, 0) is 19.3 Å². The summed E-state index contributed by atoms with van der Waals surface area (Å²) < 4.78 is 0. The molecule has 2 amide bonds. The largest absolute Gasteiger partial charge is 0.358 e. The summed E-state index contributed by atoms with van der Waals surface area (Å²) in [4.78, 5) is 31.3. The Morgan fingerprint density at radius 2 is 2.05 bits per heavy atom. The minimum atomic E-state index is -0.448. The van der Waals surface area contributed by atoms with Gasteiger partial charge in [-0.2, -0.15) is 0 Å². The molecule has 0 spiro atoms. The molecule has 0 aromatic carbocycles. The third-order valence-corrected chi connectivity index (χ3v) is 3.41. The van der Waals surface area contributed by atoms with Crippen LogP contribution in [0.3, 0.4) is 0 Å². The van der Waals surface area contributed by atoms with Gasteiger partial charge in [0.1, 0.15) is 22.8 Å². The van der Waals surface area contributed by atoms with E-state index in [9.17, 15) is 9.59 Å². The molecule has 1 atom stereocenters. The maximum Gasteiger partial charge on any atom is 0.249 e. The summed E-state index contributed by atoms with van der Waals surface area (Å²) in [6.07, 6.45) is 2.96. The lowest BCUT2D eigenvalue weighted by Crippen LogP contribution is -2.47. The molecule has 100 valence electrons. The highest BCUT2D eigenvalue weighted by Gasteiger charge is 2.29. The van der Waals surface area contributed by atoms with Gasteiger partial charge in [0.05, 0.1) is 0 Å². The number of nitrogens with zero attached hydrogens (tertiary/aromatic N) is 2. The molecule has 1 aromatic rings. The van der Waals surface area contributed by atoms with Gasteiger partial charge in [-0.1, -0.05) is 11.6 Å². The molecule has 3 rings (SSSR count). The molecule has 2 N–H and O–H groups in total. The van der Waals surface area contributed by atoms with Crippen molar-refractivity contribution in [3.63, 3.8) is 0 Å². The molecule has 6 nitrogen and oxygen atoms in total. The second-order valence-corrected chi connectivity index (χ2v) is 5.24. The van der Waals surface area contributed by atoms with Crippen molar-refractivity contribution in [3.8, 4) is 0 Å². The van der Waals surface area contributed by atoms with Gasteiger partial charge in [-0.25, -0.2) is 9.97 Å². The average molecular weight is 281 g/mol. The van der Waals surface area contributed by atoms with Crippen LogP contribution < -0.4 is 10.6 Å². The summed E-state index contributed by atoms with van der Waals surface area (Å²) in [5.41, 5.74) is 0. The number of piperidine rings is 1. The van der Waals surface area contributed by atoms with Gasteiger partial charge in [0.25, 0.3) is 0 Å². The van der Waals surface area contributed by atoms with Gasteiger partial charge in [0, 0.05) is 18.4 Å². The molecule has 7 heteroatoms. The molecule has 1 aromatic heterocycles. The van der Waals surface area contributed by atoms with Crippen LogP contribution in [0, 0.1) is 0 Å². The molecule has 1 aliphatic carbocycles. The van der Waals surface area contributed by atoms with E-state index in [4.69, 9.17) is 11.6 Å². The zero-order chi connectivity index (χ0) is 13.4. The topological polar surface area (TPSA) is 84.0 Å². The van der Waals surface area contributed by atoms with E-state index in [-0.39, 0.29) is 11.8 Å². The van der Waals surface area contributed by atoms with Gasteiger partial charge in [0.2, 0.25) is 11.8 Å². The molecule has 2 heterocycles. The standard InChI is InChI=1S/C12H13ClN4O2/c13-8-5-9(16-11(15-8)6-1-2-6)14-7-3-4-10(18)17-12(7)19/h5-7H,1-4H2,(H,14,15,16)(H,17,18,19). The van der Waals surface area contributed by atoms with Crippen LogP contribution in [0.2, 0.25) is 5.15 Å². The number of imide groups is 1. The fraction of sp³-hybridized carbons (Fsp3) is 0.500. The first kappa shape index (κ1) is 12.3. The minimum Gasteiger partial charge on any atom is -0.358 e. The molecule has 0 bridgehead atoms. The number of carbonyl (C=O) groups is 2. The monoisotopic (exact) mass is 280 g/mol. The third kappa shape index (κ3) is 2.84. The van der Waals surface area contributed by atoms with E-state index in [1.165, 1.54) is 0 Å². The van der Waals surface area contributed by atoms with Crippen LogP contribution in [0.4, 0.5) is 5.82 Å². The van der Waals surface area contributed by atoms with E-state index in [0.717, 1.165) is 18.7 Å². The van der Waals surface area contributed by atoms with Crippen LogP contribution in [0.5, 0.6) is 0 Å². The summed E-state index contributed by atoms with van der Waals surface area (Å²) in [7, 11) is 0. The molecule has 1 unspecified atom stereocenters. The van der Waals surface area contributed by atoms with Crippen LogP contribution in [-0.2, 0) is 9.59 Å². The lowest BCUT2D eigenvalue weighted by Gasteiger charge is -2.22. The second-order valence-electron chi connectivity index (χ2n) is 4.86. The summed E-state index contributed by atoms with van der Waals surface area (Å²) in [5.74, 6) is 1.10. The minimum absolute atomic E-state index is 0.234. The molecule has 2 aliphatic rings. The summed E-state index contributed by atoms with van der Waals surface area (Å²) in [6, 6.07) is 1.15. The normalized spacial score (nSPS) is 23.1. The van der Waals surface area contributed by atoms with Crippen molar-refractivity contribution >= 4 is 29.2 Å². The van der Waals surface area contributed by atoms with Crippen molar-refractivity contribution in [1.29, 1.82) is 0 Å². The van der Waals surface area contributed by atoms with Gasteiger partial charge in [-0.3, -0.25) is 14.9 Å². The number of nitrogens with one attached hydrogen (secondary N) is 2. The van der Waals surface area contributed by atoms with Crippen molar-refractivity contribution in [2.75, 3.05) is 5.32 Å². The van der Waals surface area contributed by atoms with E-state index in [2.05, 4.69) is 20.6 Å². The number of carbonyl (C=O) groups excluding carboxylic acids is 2. The van der Waals surface area contributed by atoms with Crippen molar-refractivity contribution in [2.45, 2.75) is 37.6 Å². The summed E-state index contributed by atoms with van der Waals surface area (Å²) in [5, 5.41) is 5.68. The van der Waals surface area contributed by atoms with Gasteiger partial charge in [-0.15, -0.1) is 0 Å². The highest BCUT2D eigenvalue weighted by molar-refractivity contribution is 6.29. The Balaban J connectivity index is 1.75. The molecule has 2 fully saturated rings. The predicted molar refractivity (Wildman–Crippen MR) is 68.8 cm³/mol. The van der Waals surface area contributed by atoms with Crippen LogP contribution in [0.15, 0.2) is 6.07 Å². The van der Waals surface area contributed by atoms with Crippen molar-refractivity contribution in [2.24, 2.45) is 0 Å². The average Bonchev–Trinajstić information content (AvgIpc) is 3.16. The molecule has 19 heavy (non-hydrogen) atoms. The SMILES string of the molecule is O=C1CCC(Nc2cc(Cl)nc(C3CC3)n2)C(=O)N1. The molecular weight excluding hydrogens is 268 g/mol. The van der Waals surface area contributed by atoms with E-state index >= 15 is 0 Å². The maximum absolute atomic E-state index is 11.7. The lowest BCUT2D eigenvalue weighted by molar-refractivity contribution is -0.133. The van der Waals surface area contributed by atoms with Crippen LogP contribution in [0.25, 0.3) is 0 Å². The van der Waals surface area contributed by atoms with Gasteiger partial charge in [0.15, 0.2) is 0 Å². The van der Waals surface area contributed by atoms with Gasteiger partial charge >= 0.3 is 0 Å². The lowest BCUT2D eigenvalue weighted by atomic mass is 10.1. The number of amides is 2. The third-order valence-electron chi connectivity index (χ3n) is 3.22. The van der Waals surface area contributed by atoms with Crippen molar-refractivity contribution in [1.82, 2.24) is 15.3 Å². The van der Waals surface area contributed by atoms with Crippen molar-refractivity contribution < 1.29 is 9.59 Å². The van der Waals surface area contributed by atoms with Gasteiger partial charge < -0.3 is 5.32 Å². The fourth-order valence-electron chi connectivity index (χ4n) is 2.04. The quantitative estimate of drug-likeness (QED) is 0.642. The molecule has 0 radical (unpaired) electrons. The molecule has 1 aliphatic heterocycles. The highest BCUT2D eigenvalue weighted by Crippen LogP contribution is 2.38. The summed E-state index contributed by atoms with van der Waals surface area (Å²) >= 11 is 5.95. The number of rotatable bonds is 3. The van der Waals surface area contributed by atoms with E-state index in [1.54, 1.807) is 6.07 Å². The predicted octanol–water partition coefficient (Wildman–Crippen LogP) is 1.22. The Morgan fingerprint density at radius 3 is 2.74 bits per heavy atom. The van der Waals surface area contributed by atoms with Crippen LogP contribution >= 0.6 is 11.6 Å². The van der Waals surface area contributed by atoms with Crippen LogP contribution in [-0.4, -0.2) is 27.8 Å². The molecule has 1 saturated carbocycles. The number of hydrogen-bond acceptors (Lipinski definition) is 5. The molecular formula is C12H13ClN4O2. The number of aromatic nitrogens is 2. The first-order valence-electron chi connectivity index (χ1n) is 6.26. The number of halogens is 1. The summed E-state index contributed by atoms with van der Waals surface area (Å²) in [6.45, 7) is 0. The first-order valence-corrected chi connectivity index (χ1v) is 6.64. The Labute approximate surface area is 115 Å². The van der Waals surface area contributed by atoms with Crippen LogP contribution in [0.1, 0.15) is 37.4 Å². The zero-order valence-corrected chi connectivity index (χ0v) is 10.9. The Morgan fingerprint density at radius 1 is 1.26 bits per heavy atom. The second kappa shape index (κ2) is 4.77. The number of anilines is 1. The van der Waals surface area contributed by atoms with E-state index in [0.29, 0.717) is 29.7 Å². The Hall–Kier alpha value is -1.69. The maximum atomic E-state index is 11.7. The van der Waals surface area contributed by atoms with E-state index in [1.807, 2.05) is 0 Å². The highest BCUT2D eigenvalue weighted by atomic mass is 35.5. The fourth-order valence-corrected chi connectivity index (χ4v) is 2.23. The smallest absolute Gasteiger partial charge is 0.249 e. The first-order chi connectivity index (χ1) is 9.11. The zero-order valence-electron chi connectivity index (χ0n) is 10.1. The molecule has 1 saturated heterocycles.